The third kappa shape index (κ3) is 5.99. The fourth-order valence-corrected chi connectivity index (χ4v) is 0.411. The molecule has 0 radical (unpaired) electrons. The Bertz CT molecular complexity index is 158. The second-order valence-corrected chi connectivity index (χ2v) is 3.15. The molecular formula is C6H7Br2N. The van der Waals surface area contributed by atoms with E-state index in [-0.39, 0.29) is 0 Å². The van der Waals surface area contributed by atoms with Crippen LogP contribution < -0.4 is 0 Å². The first-order valence-corrected chi connectivity index (χ1v) is 3.95. The summed E-state index contributed by atoms with van der Waals surface area (Å²) in [6.45, 7) is 5.48. The maximum atomic E-state index is 3.95. The first kappa shape index (κ1) is 9.11. The molecule has 0 aromatic carbocycles. The predicted octanol–water partition coefficient (Wildman–Crippen LogP) is 3.22. The third-order valence-corrected chi connectivity index (χ3v) is 1.43. The van der Waals surface area contributed by atoms with E-state index in [2.05, 4.69) is 43.4 Å². The Morgan fingerprint density at radius 3 is 2.44 bits per heavy atom. The van der Waals surface area contributed by atoms with Gasteiger partial charge in [-0.1, -0.05) is 12.7 Å². The van der Waals surface area contributed by atoms with E-state index in [9.17, 15) is 0 Å². The van der Waals surface area contributed by atoms with Gasteiger partial charge in [-0.05, 0) is 38.8 Å². The summed E-state index contributed by atoms with van der Waals surface area (Å²) in [5.74, 6) is 0. The molecule has 0 N–H and O–H groups in total. The van der Waals surface area contributed by atoms with Crippen LogP contribution in [0.15, 0.2) is 26.7 Å². The summed E-state index contributed by atoms with van der Waals surface area (Å²) in [6.07, 6.45) is 3.48. The highest BCUT2D eigenvalue weighted by atomic mass is 79.9. The van der Waals surface area contributed by atoms with Crippen LogP contribution in [0.4, 0.5) is 0 Å². The quantitative estimate of drug-likeness (QED) is 0.529. The molecule has 0 aromatic rings. The topological polar surface area (TPSA) is 12.4 Å². The van der Waals surface area contributed by atoms with Crippen molar-refractivity contribution >= 4 is 38.1 Å². The molecule has 0 amide bonds. The molecule has 0 bridgehead atoms. The smallest absolute Gasteiger partial charge is 0.101 e. The largest absolute Gasteiger partial charge is 0.249 e. The number of nitrogens with zero attached hydrogens (tertiary/aromatic N) is 1. The highest BCUT2D eigenvalue weighted by Gasteiger charge is 1.80. The molecule has 0 saturated carbocycles. The maximum Gasteiger partial charge on any atom is 0.101 e. The van der Waals surface area contributed by atoms with Gasteiger partial charge in [0.05, 0.1) is 0 Å². The van der Waals surface area contributed by atoms with Crippen molar-refractivity contribution in [1.82, 2.24) is 0 Å². The van der Waals surface area contributed by atoms with Gasteiger partial charge < -0.3 is 0 Å². The molecule has 0 atom stereocenters. The van der Waals surface area contributed by atoms with Crippen LogP contribution in [0, 0.1) is 0 Å². The maximum absolute atomic E-state index is 3.95. The van der Waals surface area contributed by atoms with Gasteiger partial charge in [0.2, 0.25) is 0 Å². The number of allylic oxidation sites excluding steroid dienone is 2. The molecule has 0 fully saturated rings. The standard InChI is InChI=1S/C6H7Br2N/c1-3-6(8)9-4-5(2)7/h3-4H,2H2,1H3/b6-3-,9-4-. The highest BCUT2D eigenvalue weighted by molar-refractivity contribution is 9.12. The van der Waals surface area contributed by atoms with Gasteiger partial charge in [0.25, 0.3) is 0 Å². The fraction of sp³-hybridized carbons (Fsp3) is 0.167. The van der Waals surface area contributed by atoms with E-state index in [4.69, 9.17) is 0 Å². The minimum Gasteiger partial charge on any atom is -0.249 e. The van der Waals surface area contributed by atoms with E-state index >= 15 is 0 Å². The van der Waals surface area contributed by atoms with Crippen LogP contribution in [-0.2, 0) is 0 Å². The Kier molecular flexibility index (Phi) is 5.00. The van der Waals surface area contributed by atoms with E-state index in [1.165, 1.54) is 0 Å². The number of hydrogen-bond donors (Lipinski definition) is 0. The fourth-order valence-electron chi connectivity index (χ4n) is 0.206. The Morgan fingerprint density at radius 2 is 2.11 bits per heavy atom. The second kappa shape index (κ2) is 4.94. The number of halogens is 2. The number of aliphatic imine (C=N–C) groups is 1. The number of rotatable bonds is 2. The van der Waals surface area contributed by atoms with Crippen molar-refractivity contribution in [2.45, 2.75) is 6.92 Å². The van der Waals surface area contributed by atoms with Gasteiger partial charge in [0.15, 0.2) is 0 Å². The lowest BCUT2D eigenvalue weighted by atomic mass is 10.7. The van der Waals surface area contributed by atoms with Crippen molar-refractivity contribution in [3.8, 4) is 0 Å². The Morgan fingerprint density at radius 1 is 1.56 bits per heavy atom. The average Bonchev–Trinajstić information content (AvgIpc) is 1.83. The van der Waals surface area contributed by atoms with E-state index in [0.29, 0.717) is 0 Å². The summed E-state index contributed by atoms with van der Waals surface area (Å²) in [5.41, 5.74) is 0. The minimum atomic E-state index is 0.765. The van der Waals surface area contributed by atoms with Gasteiger partial charge >= 0.3 is 0 Å². The molecule has 0 spiro atoms. The monoisotopic (exact) mass is 251 g/mol. The van der Waals surface area contributed by atoms with E-state index < -0.39 is 0 Å². The van der Waals surface area contributed by atoms with Gasteiger partial charge in [-0.2, -0.15) is 0 Å². The molecule has 0 aliphatic carbocycles. The molecule has 9 heavy (non-hydrogen) atoms. The van der Waals surface area contributed by atoms with Crippen molar-refractivity contribution < 1.29 is 0 Å². The Labute approximate surface area is 71.8 Å². The molecule has 0 unspecified atom stereocenters. The van der Waals surface area contributed by atoms with E-state index in [1.807, 2.05) is 13.0 Å². The van der Waals surface area contributed by atoms with Crippen LogP contribution in [0.3, 0.4) is 0 Å². The van der Waals surface area contributed by atoms with Crippen LogP contribution in [0.25, 0.3) is 0 Å². The van der Waals surface area contributed by atoms with Crippen molar-refractivity contribution in [2.24, 2.45) is 4.99 Å². The lowest BCUT2D eigenvalue weighted by Crippen LogP contribution is -1.68. The SMILES string of the molecule is C=C(Br)/C=N\C(Br)=C/C. The zero-order valence-corrected chi connectivity index (χ0v) is 8.24. The van der Waals surface area contributed by atoms with Crippen LogP contribution in [0.5, 0.6) is 0 Å². The zero-order chi connectivity index (χ0) is 7.28. The first-order valence-electron chi connectivity index (χ1n) is 2.37. The average molecular weight is 253 g/mol. The molecule has 0 aliphatic heterocycles. The third-order valence-electron chi connectivity index (χ3n) is 0.566. The van der Waals surface area contributed by atoms with E-state index in [0.717, 1.165) is 9.09 Å². The molecule has 1 nitrogen and oxygen atoms in total. The highest BCUT2D eigenvalue weighted by Crippen LogP contribution is 2.06. The minimum absolute atomic E-state index is 0.765. The molecule has 0 heterocycles. The van der Waals surface area contributed by atoms with Crippen LogP contribution in [-0.4, -0.2) is 6.21 Å². The van der Waals surface area contributed by atoms with Crippen molar-refractivity contribution in [1.29, 1.82) is 0 Å². The van der Waals surface area contributed by atoms with Gasteiger partial charge in [-0.15, -0.1) is 0 Å². The Hall–Kier alpha value is 0.110. The first-order chi connectivity index (χ1) is 4.16. The summed E-state index contributed by atoms with van der Waals surface area (Å²) in [4.78, 5) is 3.95. The van der Waals surface area contributed by atoms with E-state index in [1.54, 1.807) is 6.21 Å². The lowest BCUT2D eigenvalue weighted by molar-refractivity contribution is 1.52. The molecule has 0 saturated heterocycles. The molecular weight excluding hydrogens is 246 g/mol. The Balaban J connectivity index is 3.86. The molecule has 50 valence electrons. The van der Waals surface area contributed by atoms with Crippen LogP contribution in [0.2, 0.25) is 0 Å². The predicted molar refractivity (Wildman–Crippen MR) is 49.2 cm³/mol. The molecule has 0 aliphatic rings. The van der Waals surface area contributed by atoms with Gasteiger partial charge in [-0.25, -0.2) is 4.99 Å². The number of hydrogen-bond acceptors (Lipinski definition) is 1. The van der Waals surface area contributed by atoms with Crippen molar-refractivity contribution in [3.63, 3.8) is 0 Å². The normalized spacial score (nSPS) is 12.6. The second-order valence-electron chi connectivity index (χ2n) is 1.32. The van der Waals surface area contributed by atoms with Crippen LogP contribution in [0.1, 0.15) is 6.92 Å². The van der Waals surface area contributed by atoms with Gasteiger partial charge in [0, 0.05) is 10.7 Å². The molecule has 3 heteroatoms. The van der Waals surface area contributed by atoms with Crippen molar-refractivity contribution in [3.05, 3.63) is 21.7 Å². The van der Waals surface area contributed by atoms with Crippen molar-refractivity contribution in [2.75, 3.05) is 0 Å². The summed E-state index contributed by atoms with van der Waals surface area (Å²) >= 11 is 6.35. The summed E-state index contributed by atoms with van der Waals surface area (Å²) < 4.78 is 1.57. The summed E-state index contributed by atoms with van der Waals surface area (Å²) in [5, 5.41) is 0. The summed E-state index contributed by atoms with van der Waals surface area (Å²) in [6, 6.07) is 0. The summed E-state index contributed by atoms with van der Waals surface area (Å²) in [7, 11) is 0. The molecule has 0 aromatic heterocycles. The van der Waals surface area contributed by atoms with Gasteiger partial charge in [0.1, 0.15) is 4.61 Å². The van der Waals surface area contributed by atoms with Gasteiger partial charge in [-0.3, -0.25) is 0 Å². The lowest BCUT2D eigenvalue weighted by Gasteiger charge is -1.83. The molecule has 0 rings (SSSR count). The zero-order valence-electron chi connectivity index (χ0n) is 5.06. The van der Waals surface area contributed by atoms with Crippen LogP contribution >= 0.6 is 31.9 Å².